The number of para-hydroxylation sites is 1. The molecule has 0 bridgehead atoms. The highest BCUT2D eigenvalue weighted by Crippen LogP contribution is 2.32. The predicted octanol–water partition coefficient (Wildman–Crippen LogP) is 3.83. The molecule has 0 N–H and O–H groups in total. The van der Waals surface area contributed by atoms with Crippen LogP contribution in [0.3, 0.4) is 0 Å². The molecule has 0 aliphatic carbocycles. The fraction of sp³-hybridized carbons (Fsp3) is 0.368. The Balaban J connectivity index is 1.73. The molecule has 7 heteroatoms. The van der Waals surface area contributed by atoms with Crippen molar-refractivity contribution in [2.75, 3.05) is 26.8 Å². The molecule has 0 radical (unpaired) electrons. The van der Waals surface area contributed by atoms with Gasteiger partial charge < -0.3 is 9.47 Å². The highest BCUT2D eigenvalue weighted by Gasteiger charge is 2.32. The van der Waals surface area contributed by atoms with E-state index in [2.05, 4.69) is 0 Å². The van der Waals surface area contributed by atoms with Crippen molar-refractivity contribution in [1.29, 1.82) is 0 Å². The molecule has 3 rings (SSSR count). The van der Waals surface area contributed by atoms with Crippen LogP contribution in [-0.2, 0) is 10.0 Å². The molecule has 0 spiro atoms. The number of ether oxygens (including phenoxy) is 2. The fourth-order valence-corrected chi connectivity index (χ4v) is 5.08. The van der Waals surface area contributed by atoms with Crippen LogP contribution in [0.25, 0.3) is 0 Å². The van der Waals surface area contributed by atoms with Crippen molar-refractivity contribution in [2.45, 2.75) is 17.7 Å². The van der Waals surface area contributed by atoms with Crippen molar-refractivity contribution < 1.29 is 17.9 Å². The van der Waals surface area contributed by atoms with Crippen LogP contribution >= 0.6 is 11.6 Å². The monoisotopic (exact) mass is 395 g/mol. The molecule has 1 heterocycles. The first-order chi connectivity index (χ1) is 12.5. The van der Waals surface area contributed by atoms with Crippen LogP contribution in [-0.4, -0.2) is 39.5 Å². The third-order valence-corrected chi connectivity index (χ3v) is 6.58. The number of benzene rings is 2. The molecular formula is C19H22ClNO4S. The maximum Gasteiger partial charge on any atom is 0.246 e. The van der Waals surface area contributed by atoms with Crippen LogP contribution in [0.2, 0.25) is 5.02 Å². The van der Waals surface area contributed by atoms with E-state index in [1.807, 2.05) is 30.3 Å². The molecule has 1 fully saturated rings. The number of piperidine rings is 1. The lowest BCUT2D eigenvalue weighted by molar-refractivity contribution is 0.180. The van der Waals surface area contributed by atoms with E-state index in [0.29, 0.717) is 30.5 Å². The molecule has 0 saturated carbocycles. The van der Waals surface area contributed by atoms with Gasteiger partial charge in [-0.1, -0.05) is 29.8 Å². The number of rotatable bonds is 6. The third kappa shape index (κ3) is 4.31. The molecule has 5 nitrogen and oxygen atoms in total. The summed E-state index contributed by atoms with van der Waals surface area (Å²) >= 11 is 6.01. The Kier molecular flexibility index (Phi) is 6.06. The summed E-state index contributed by atoms with van der Waals surface area (Å²) in [4.78, 5) is 0.108. The summed E-state index contributed by atoms with van der Waals surface area (Å²) < 4.78 is 38.7. The van der Waals surface area contributed by atoms with E-state index in [1.165, 1.54) is 17.5 Å². The van der Waals surface area contributed by atoms with E-state index in [4.69, 9.17) is 21.1 Å². The highest BCUT2D eigenvalue weighted by molar-refractivity contribution is 7.89. The van der Waals surface area contributed by atoms with Crippen LogP contribution in [0.5, 0.6) is 11.5 Å². The SMILES string of the molecule is COc1ccc(Cl)cc1S(=O)(=O)N1CCCC(COc2ccccc2)C1. The maximum atomic E-state index is 13.1. The smallest absolute Gasteiger partial charge is 0.246 e. The molecule has 1 saturated heterocycles. The Morgan fingerprint density at radius 1 is 1.19 bits per heavy atom. The summed E-state index contributed by atoms with van der Waals surface area (Å²) in [6.45, 7) is 1.40. The van der Waals surface area contributed by atoms with Crippen LogP contribution in [0.1, 0.15) is 12.8 Å². The summed E-state index contributed by atoms with van der Waals surface area (Å²) in [6, 6.07) is 14.2. The van der Waals surface area contributed by atoms with Gasteiger partial charge in [-0.3, -0.25) is 0 Å². The molecule has 26 heavy (non-hydrogen) atoms. The second-order valence-corrected chi connectivity index (χ2v) is 8.63. The van der Waals surface area contributed by atoms with Gasteiger partial charge in [0.15, 0.2) is 0 Å². The van der Waals surface area contributed by atoms with Crippen LogP contribution < -0.4 is 9.47 Å². The van der Waals surface area contributed by atoms with Crippen molar-refractivity contribution in [3.63, 3.8) is 0 Å². The Bertz CT molecular complexity index is 842. The first-order valence-corrected chi connectivity index (χ1v) is 10.3. The molecule has 0 amide bonds. The second kappa shape index (κ2) is 8.29. The molecule has 2 aromatic rings. The normalized spacial score (nSPS) is 18.5. The average Bonchev–Trinajstić information content (AvgIpc) is 2.67. The molecule has 1 aliphatic heterocycles. The van der Waals surface area contributed by atoms with Gasteiger partial charge in [-0.2, -0.15) is 4.31 Å². The Morgan fingerprint density at radius 3 is 2.69 bits per heavy atom. The van der Waals surface area contributed by atoms with E-state index in [-0.39, 0.29) is 10.8 Å². The number of hydrogen-bond acceptors (Lipinski definition) is 4. The van der Waals surface area contributed by atoms with Gasteiger partial charge in [0.05, 0.1) is 13.7 Å². The number of halogens is 1. The Morgan fingerprint density at radius 2 is 1.96 bits per heavy atom. The highest BCUT2D eigenvalue weighted by atomic mass is 35.5. The van der Waals surface area contributed by atoms with Gasteiger partial charge >= 0.3 is 0 Å². The van der Waals surface area contributed by atoms with Gasteiger partial charge in [-0.15, -0.1) is 0 Å². The lowest BCUT2D eigenvalue weighted by atomic mass is 10.0. The summed E-state index contributed by atoms with van der Waals surface area (Å²) in [5, 5.41) is 0.366. The number of methoxy groups -OCH3 is 1. The van der Waals surface area contributed by atoms with Crippen LogP contribution in [0.15, 0.2) is 53.4 Å². The standard InChI is InChI=1S/C19H22ClNO4S/c1-24-18-10-9-16(20)12-19(18)26(22,23)21-11-5-6-15(13-21)14-25-17-7-3-2-4-8-17/h2-4,7-10,12,15H,5-6,11,13-14H2,1H3. The van der Waals surface area contributed by atoms with Gasteiger partial charge in [0.25, 0.3) is 0 Å². The van der Waals surface area contributed by atoms with Crippen molar-refractivity contribution in [3.8, 4) is 11.5 Å². The molecule has 1 aliphatic rings. The fourth-order valence-electron chi connectivity index (χ4n) is 3.10. The first kappa shape index (κ1) is 19.0. The summed E-state index contributed by atoms with van der Waals surface area (Å²) in [5.74, 6) is 1.24. The number of hydrogen-bond donors (Lipinski definition) is 0. The van der Waals surface area contributed by atoms with E-state index in [0.717, 1.165) is 18.6 Å². The van der Waals surface area contributed by atoms with E-state index in [9.17, 15) is 8.42 Å². The van der Waals surface area contributed by atoms with Gasteiger partial charge in [0, 0.05) is 24.0 Å². The quantitative estimate of drug-likeness (QED) is 0.745. The van der Waals surface area contributed by atoms with Crippen molar-refractivity contribution in [3.05, 3.63) is 53.6 Å². The first-order valence-electron chi connectivity index (χ1n) is 8.52. The third-order valence-electron chi connectivity index (χ3n) is 4.45. The zero-order valence-electron chi connectivity index (χ0n) is 14.6. The second-order valence-electron chi connectivity index (χ2n) is 6.29. The van der Waals surface area contributed by atoms with Gasteiger partial charge in [0.2, 0.25) is 10.0 Å². The molecule has 1 atom stereocenters. The summed E-state index contributed by atoms with van der Waals surface area (Å²) in [6.07, 6.45) is 1.73. The molecule has 2 aromatic carbocycles. The molecular weight excluding hydrogens is 374 g/mol. The van der Waals surface area contributed by atoms with Gasteiger partial charge in [-0.25, -0.2) is 8.42 Å². The van der Waals surface area contributed by atoms with Crippen molar-refractivity contribution >= 4 is 21.6 Å². The van der Waals surface area contributed by atoms with Gasteiger partial charge in [-0.05, 0) is 43.2 Å². The lowest BCUT2D eigenvalue weighted by Gasteiger charge is -2.32. The van der Waals surface area contributed by atoms with Gasteiger partial charge in [0.1, 0.15) is 16.4 Å². The van der Waals surface area contributed by atoms with E-state index in [1.54, 1.807) is 12.1 Å². The molecule has 0 aromatic heterocycles. The number of nitrogens with zero attached hydrogens (tertiary/aromatic N) is 1. The topological polar surface area (TPSA) is 55.8 Å². The average molecular weight is 396 g/mol. The zero-order valence-corrected chi connectivity index (χ0v) is 16.2. The van der Waals surface area contributed by atoms with E-state index >= 15 is 0 Å². The largest absolute Gasteiger partial charge is 0.495 e. The van der Waals surface area contributed by atoms with Crippen LogP contribution in [0.4, 0.5) is 0 Å². The zero-order chi connectivity index (χ0) is 18.6. The minimum absolute atomic E-state index is 0.108. The lowest BCUT2D eigenvalue weighted by Crippen LogP contribution is -2.41. The summed E-state index contributed by atoms with van der Waals surface area (Å²) in [5.41, 5.74) is 0. The predicted molar refractivity (Wildman–Crippen MR) is 101 cm³/mol. The van der Waals surface area contributed by atoms with Crippen molar-refractivity contribution in [2.24, 2.45) is 5.92 Å². The minimum Gasteiger partial charge on any atom is -0.495 e. The summed E-state index contributed by atoms with van der Waals surface area (Å²) in [7, 11) is -2.22. The van der Waals surface area contributed by atoms with Crippen molar-refractivity contribution in [1.82, 2.24) is 4.31 Å². The Hall–Kier alpha value is -1.76. The molecule has 140 valence electrons. The van der Waals surface area contributed by atoms with E-state index < -0.39 is 10.0 Å². The van der Waals surface area contributed by atoms with Crippen LogP contribution in [0, 0.1) is 5.92 Å². The molecule has 1 unspecified atom stereocenters. The Labute approximate surface area is 159 Å². The maximum absolute atomic E-state index is 13.1. The number of sulfonamides is 1. The minimum atomic E-state index is -3.67.